The molecule has 3 aromatic rings. The van der Waals surface area contributed by atoms with E-state index < -0.39 is 10.0 Å². The average Bonchev–Trinajstić information content (AvgIpc) is 2.95. The summed E-state index contributed by atoms with van der Waals surface area (Å²) >= 11 is 0. The molecule has 0 fully saturated rings. The average molecular weight is 305 g/mol. The predicted molar refractivity (Wildman–Crippen MR) is 74.1 cm³/mol. The standard InChI is InChI=1S/C12H11N5O3S/c18-11-6-9(16-12-13-8-14-17(11)12)7-15-21(19,20)10-4-2-1-3-5-10/h1-6,8,15H,7H2,(H,13,14,16). The van der Waals surface area contributed by atoms with Crippen molar-refractivity contribution < 1.29 is 8.42 Å². The van der Waals surface area contributed by atoms with Gasteiger partial charge in [-0.25, -0.2) is 23.1 Å². The van der Waals surface area contributed by atoms with Gasteiger partial charge in [-0.05, 0) is 12.1 Å². The molecule has 0 saturated heterocycles. The van der Waals surface area contributed by atoms with Crippen molar-refractivity contribution in [2.24, 2.45) is 0 Å². The highest BCUT2D eigenvalue weighted by molar-refractivity contribution is 7.89. The second-order valence-electron chi connectivity index (χ2n) is 4.25. The smallest absolute Gasteiger partial charge is 0.274 e. The maximum absolute atomic E-state index is 12.1. The van der Waals surface area contributed by atoms with E-state index in [1.54, 1.807) is 18.2 Å². The van der Waals surface area contributed by atoms with E-state index in [0.717, 1.165) is 4.52 Å². The molecule has 0 atom stereocenters. The second-order valence-corrected chi connectivity index (χ2v) is 6.01. The highest BCUT2D eigenvalue weighted by atomic mass is 32.2. The summed E-state index contributed by atoms with van der Waals surface area (Å²) in [6, 6.07) is 9.22. The lowest BCUT2D eigenvalue weighted by Crippen LogP contribution is -2.25. The fraction of sp³-hybridized carbons (Fsp3) is 0.0833. The number of sulfonamides is 1. The maximum atomic E-state index is 12.1. The number of hydrogen-bond acceptors (Lipinski definition) is 5. The fourth-order valence-electron chi connectivity index (χ4n) is 1.81. The number of nitrogens with zero attached hydrogens (tertiary/aromatic N) is 3. The Balaban J connectivity index is 1.85. The molecule has 0 spiro atoms. The zero-order valence-electron chi connectivity index (χ0n) is 10.7. The molecule has 3 rings (SSSR count). The molecule has 8 nitrogen and oxygen atoms in total. The summed E-state index contributed by atoms with van der Waals surface area (Å²) in [5, 5.41) is 2.61. The maximum Gasteiger partial charge on any atom is 0.274 e. The Morgan fingerprint density at radius 2 is 2.00 bits per heavy atom. The SMILES string of the molecule is O=c1cc(CNS(=O)(=O)c2ccccc2)nc2nc[nH]n12. The first-order valence-corrected chi connectivity index (χ1v) is 7.51. The Morgan fingerprint density at radius 3 is 2.76 bits per heavy atom. The van der Waals surface area contributed by atoms with E-state index in [9.17, 15) is 13.2 Å². The van der Waals surface area contributed by atoms with Crippen LogP contribution in [0.2, 0.25) is 0 Å². The largest absolute Gasteiger partial charge is 0.278 e. The van der Waals surface area contributed by atoms with Crippen molar-refractivity contribution in [3.05, 3.63) is 58.8 Å². The summed E-state index contributed by atoms with van der Waals surface area (Å²) in [4.78, 5) is 19.8. The molecule has 0 amide bonds. The van der Waals surface area contributed by atoms with Crippen molar-refractivity contribution >= 4 is 15.8 Å². The number of aromatic amines is 1. The third kappa shape index (κ3) is 2.69. The molecule has 108 valence electrons. The van der Waals surface area contributed by atoms with Gasteiger partial charge in [0.05, 0.1) is 17.1 Å². The van der Waals surface area contributed by atoms with E-state index >= 15 is 0 Å². The van der Waals surface area contributed by atoms with Gasteiger partial charge in [0.15, 0.2) is 0 Å². The number of fused-ring (bicyclic) bond motifs is 1. The van der Waals surface area contributed by atoms with Crippen molar-refractivity contribution in [2.75, 3.05) is 0 Å². The van der Waals surface area contributed by atoms with E-state index in [4.69, 9.17) is 0 Å². The summed E-state index contributed by atoms with van der Waals surface area (Å²) in [6.45, 7) is -0.0875. The minimum absolute atomic E-state index is 0.0875. The molecule has 2 aromatic heterocycles. The number of H-pyrrole nitrogens is 1. The number of nitrogens with one attached hydrogen (secondary N) is 2. The molecule has 0 aliphatic carbocycles. The first kappa shape index (κ1) is 13.5. The molecule has 2 heterocycles. The molecule has 2 N–H and O–H groups in total. The summed E-state index contributed by atoms with van der Waals surface area (Å²) in [5.41, 5.74) is -0.0574. The fourth-order valence-corrected chi connectivity index (χ4v) is 2.83. The van der Waals surface area contributed by atoms with Crippen molar-refractivity contribution in [3.8, 4) is 0 Å². The van der Waals surface area contributed by atoms with Gasteiger partial charge in [0, 0.05) is 6.07 Å². The van der Waals surface area contributed by atoms with Crippen LogP contribution in [0.15, 0.2) is 52.4 Å². The lowest BCUT2D eigenvalue weighted by atomic mass is 10.4. The molecule has 0 aliphatic rings. The van der Waals surface area contributed by atoms with E-state index in [2.05, 4.69) is 19.8 Å². The summed E-state index contributed by atoms with van der Waals surface area (Å²) in [5.74, 6) is 0.191. The van der Waals surface area contributed by atoms with Gasteiger partial charge in [-0.15, -0.1) is 0 Å². The van der Waals surface area contributed by atoms with E-state index in [0.29, 0.717) is 5.69 Å². The Labute approximate surface area is 119 Å². The van der Waals surface area contributed by atoms with Crippen LogP contribution in [0.5, 0.6) is 0 Å². The minimum atomic E-state index is -3.64. The van der Waals surface area contributed by atoms with E-state index in [1.807, 2.05) is 0 Å². The lowest BCUT2D eigenvalue weighted by molar-refractivity contribution is 0.580. The van der Waals surface area contributed by atoms with Gasteiger partial charge in [-0.3, -0.25) is 9.89 Å². The zero-order chi connectivity index (χ0) is 14.9. The number of aromatic nitrogens is 4. The highest BCUT2D eigenvalue weighted by Crippen LogP contribution is 2.07. The Kier molecular flexibility index (Phi) is 3.28. The summed E-state index contributed by atoms with van der Waals surface area (Å²) < 4.78 is 27.7. The molecule has 0 saturated carbocycles. The van der Waals surface area contributed by atoms with Crippen LogP contribution in [0, 0.1) is 0 Å². The van der Waals surface area contributed by atoms with Crippen LogP contribution in [0.25, 0.3) is 5.78 Å². The molecule has 1 aromatic carbocycles. The number of rotatable bonds is 4. The van der Waals surface area contributed by atoms with Gasteiger partial charge in [-0.2, -0.15) is 4.52 Å². The molecular formula is C12H11N5O3S. The zero-order valence-corrected chi connectivity index (χ0v) is 11.5. The van der Waals surface area contributed by atoms with Crippen molar-refractivity contribution in [2.45, 2.75) is 11.4 Å². The van der Waals surface area contributed by atoms with Gasteiger partial charge >= 0.3 is 0 Å². The Morgan fingerprint density at radius 1 is 1.24 bits per heavy atom. The van der Waals surface area contributed by atoms with Crippen LogP contribution < -0.4 is 10.3 Å². The van der Waals surface area contributed by atoms with Crippen LogP contribution in [-0.4, -0.2) is 28.0 Å². The lowest BCUT2D eigenvalue weighted by Gasteiger charge is -2.06. The predicted octanol–water partition coefficient (Wildman–Crippen LogP) is -0.104. The molecule has 0 aliphatic heterocycles. The van der Waals surface area contributed by atoms with Crippen molar-refractivity contribution in [1.82, 2.24) is 24.3 Å². The van der Waals surface area contributed by atoms with Crippen LogP contribution in [0.1, 0.15) is 5.69 Å². The molecule has 0 radical (unpaired) electrons. The minimum Gasteiger partial charge on any atom is -0.278 e. The van der Waals surface area contributed by atoms with Crippen LogP contribution in [0.3, 0.4) is 0 Å². The normalized spacial score (nSPS) is 11.8. The Bertz CT molecular complexity index is 930. The van der Waals surface area contributed by atoms with Gasteiger partial charge in [0.2, 0.25) is 10.0 Å². The van der Waals surface area contributed by atoms with Crippen LogP contribution in [0.4, 0.5) is 0 Å². The summed E-state index contributed by atoms with van der Waals surface area (Å²) in [7, 11) is -3.64. The summed E-state index contributed by atoms with van der Waals surface area (Å²) in [6.07, 6.45) is 1.33. The second kappa shape index (κ2) is 5.11. The molecule has 0 bridgehead atoms. The molecular weight excluding hydrogens is 294 g/mol. The van der Waals surface area contributed by atoms with Crippen molar-refractivity contribution in [3.63, 3.8) is 0 Å². The first-order valence-electron chi connectivity index (χ1n) is 6.03. The number of hydrogen-bond donors (Lipinski definition) is 2. The highest BCUT2D eigenvalue weighted by Gasteiger charge is 2.14. The third-order valence-corrected chi connectivity index (χ3v) is 4.23. The molecule has 21 heavy (non-hydrogen) atoms. The number of benzene rings is 1. The third-order valence-electron chi connectivity index (χ3n) is 2.82. The van der Waals surface area contributed by atoms with Crippen molar-refractivity contribution in [1.29, 1.82) is 0 Å². The monoisotopic (exact) mass is 305 g/mol. The first-order chi connectivity index (χ1) is 10.1. The van der Waals surface area contributed by atoms with Gasteiger partial charge in [0.1, 0.15) is 6.33 Å². The topological polar surface area (TPSA) is 109 Å². The van der Waals surface area contributed by atoms with Crippen LogP contribution in [-0.2, 0) is 16.6 Å². The van der Waals surface area contributed by atoms with Crippen LogP contribution >= 0.6 is 0 Å². The quantitative estimate of drug-likeness (QED) is 0.699. The van der Waals surface area contributed by atoms with Gasteiger partial charge in [-0.1, -0.05) is 18.2 Å². The molecule has 0 unspecified atom stereocenters. The van der Waals surface area contributed by atoms with E-state index in [1.165, 1.54) is 24.5 Å². The van der Waals surface area contributed by atoms with Gasteiger partial charge in [0.25, 0.3) is 11.3 Å². The Hall–Kier alpha value is -2.52. The van der Waals surface area contributed by atoms with Gasteiger partial charge < -0.3 is 0 Å². The molecule has 9 heteroatoms. The van der Waals surface area contributed by atoms with E-state index in [-0.39, 0.29) is 22.8 Å².